The highest BCUT2D eigenvalue weighted by Crippen LogP contribution is 2.28. The van der Waals surface area contributed by atoms with Crippen LogP contribution < -0.4 is 5.84 Å². The third-order valence-corrected chi connectivity index (χ3v) is 2.61. The number of benzene rings is 1. The van der Waals surface area contributed by atoms with Crippen LogP contribution in [0.2, 0.25) is 0 Å². The van der Waals surface area contributed by atoms with Gasteiger partial charge in [0, 0.05) is 0 Å². The number of aliphatic hydroxyl groups excluding tert-OH is 1. The van der Waals surface area contributed by atoms with E-state index in [0.29, 0.717) is 6.21 Å². The number of rotatable bonds is 5. The summed E-state index contributed by atoms with van der Waals surface area (Å²) in [6.45, 7) is 1.07. The van der Waals surface area contributed by atoms with Gasteiger partial charge in [-0.05, 0) is 6.92 Å². The number of aliphatic hydroxyl groups is 1. The Kier molecular flexibility index (Phi) is 5.98. The third-order valence-electron chi connectivity index (χ3n) is 2.61. The first-order chi connectivity index (χ1) is 11.2. The quantitative estimate of drug-likeness (QED) is 0.0803. The Morgan fingerprint density at radius 2 is 1.54 bits per heavy atom. The number of ether oxygens (including phenoxy) is 1. The molecule has 0 saturated carbocycles. The molecular weight excluding hydrogens is 343 g/mol. The second-order valence-corrected chi connectivity index (χ2v) is 4.03. The van der Waals surface area contributed by atoms with E-state index in [2.05, 4.69) is 9.84 Å². The fourth-order valence-electron chi connectivity index (χ4n) is 1.56. The summed E-state index contributed by atoms with van der Waals surface area (Å²) in [6.07, 6.45) is 0.298. The van der Waals surface area contributed by atoms with Gasteiger partial charge in [0.05, 0.1) is 24.0 Å². The fourth-order valence-corrected chi connectivity index (χ4v) is 1.56. The average Bonchev–Trinajstić information content (AvgIpc) is 2.55. The van der Waals surface area contributed by atoms with Crippen molar-refractivity contribution in [1.29, 1.82) is 0 Å². The number of halogens is 5. The molecule has 6 nitrogen and oxygen atoms in total. The molecule has 1 aromatic rings. The van der Waals surface area contributed by atoms with E-state index in [9.17, 15) is 36.6 Å². The number of hydrogen-bond acceptors (Lipinski definition) is 6. The number of hydrogen-bond donors (Lipinski definition) is 2. The molecule has 0 amide bonds. The van der Waals surface area contributed by atoms with Gasteiger partial charge in [-0.2, -0.15) is 5.10 Å². The lowest BCUT2D eigenvalue weighted by molar-refractivity contribution is -0.151. The van der Waals surface area contributed by atoms with E-state index in [0.717, 1.165) is 0 Å². The lowest BCUT2D eigenvalue weighted by Gasteiger charge is -2.10. The maximum atomic E-state index is 13.6. The lowest BCUT2D eigenvalue weighted by Crippen LogP contribution is -2.22. The van der Waals surface area contributed by atoms with Gasteiger partial charge >= 0.3 is 5.97 Å². The number of hydrazone groups is 1. The summed E-state index contributed by atoms with van der Waals surface area (Å²) in [4.78, 5) is 23.1. The highest BCUT2D eigenvalue weighted by Gasteiger charge is 2.32. The molecule has 0 bridgehead atoms. The highest BCUT2D eigenvalue weighted by atomic mass is 19.2. The molecule has 1 aromatic carbocycles. The molecule has 0 heterocycles. The predicted octanol–water partition coefficient (Wildman–Crippen LogP) is 1.73. The van der Waals surface area contributed by atoms with Crippen molar-refractivity contribution in [3.05, 3.63) is 40.2 Å². The van der Waals surface area contributed by atoms with E-state index in [4.69, 9.17) is 5.84 Å². The van der Waals surface area contributed by atoms with Gasteiger partial charge in [0.2, 0.25) is 5.82 Å². The number of carbonyl (C=O) groups is 2. The van der Waals surface area contributed by atoms with Crippen LogP contribution in [0.3, 0.4) is 0 Å². The van der Waals surface area contributed by atoms with Crippen molar-refractivity contribution in [3.8, 4) is 0 Å². The SMILES string of the molecule is CCOC(=O)C(=O)C(/C=N/N)=C(\O)c1c(F)c(F)c(F)c(F)c1F. The minimum absolute atomic E-state index is 0.263. The molecular formula is C13H9F5N2O4. The molecule has 1 rings (SSSR count). The number of nitrogens with two attached hydrogens (primary N) is 1. The summed E-state index contributed by atoms with van der Waals surface area (Å²) in [5, 5.41) is 12.6. The molecule has 0 aliphatic rings. The van der Waals surface area contributed by atoms with Crippen LogP contribution >= 0.6 is 0 Å². The van der Waals surface area contributed by atoms with Crippen molar-refractivity contribution in [2.75, 3.05) is 6.61 Å². The zero-order chi connectivity index (χ0) is 18.6. The molecule has 0 atom stereocenters. The summed E-state index contributed by atoms with van der Waals surface area (Å²) in [5.74, 6) is -12.2. The number of ketones is 1. The van der Waals surface area contributed by atoms with E-state index in [1.54, 1.807) is 0 Å². The fraction of sp³-hybridized carbons (Fsp3) is 0.154. The van der Waals surface area contributed by atoms with Crippen LogP contribution in [0.5, 0.6) is 0 Å². The standard InChI is InChI=1S/C13H9F5N2O4/c1-2-24-13(23)12(22)4(3-20-19)11(21)5-6(14)8(16)10(18)9(17)7(5)15/h3,21H,2,19H2,1H3/b11-4-,20-3+. The van der Waals surface area contributed by atoms with Gasteiger partial charge in [0.25, 0.3) is 5.78 Å². The second kappa shape index (κ2) is 7.53. The minimum Gasteiger partial charge on any atom is -0.506 e. The Hall–Kier alpha value is -2.98. The van der Waals surface area contributed by atoms with Crippen LogP contribution in [0.4, 0.5) is 22.0 Å². The number of nitrogens with zero attached hydrogens (tertiary/aromatic N) is 1. The van der Waals surface area contributed by atoms with Crippen LogP contribution in [-0.2, 0) is 14.3 Å². The average molecular weight is 352 g/mol. The maximum absolute atomic E-state index is 13.6. The largest absolute Gasteiger partial charge is 0.506 e. The highest BCUT2D eigenvalue weighted by molar-refractivity contribution is 6.47. The first-order valence-electron chi connectivity index (χ1n) is 6.08. The van der Waals surface area contributed by atoms with E-state index >= 15 is 0 Å². The van der Waals surface area contributed by atoms with Crippen molar-refractivity contribution < 1.29 is 41.4 Å². The molecule has 0 unspecified atom stereocenters. The Labute approximate surface area is 131 Å². The molecule has 0 aromatic heterocycles. The van der Waals surface area contributed by atoms with Crippen LogP contribution in [0.1, 0.15) is 12.5 Å². The molecule has 130 valence electrons. The molecule has 24 heavy (non-hydrogen) atoms. The number of carbonyl (C=O) groups excluding carboxylic acids is 2. The van der Waals surface area contributed by atoms with Gasteiger partial charge in [-0.25, -0.2) is 26.7 Å². The van der Waals surface area contributed by atoms with Crippen molar-refractivity contribution in [2.24, 2.45) is 10.9 Å². The van der Waals surface area contributed by atoms with E-state index in [1.165, 1.54) is 6.92 Å². The van der Waals surface area contributed by atoms with Gasteiger partial charge in [0.15, 0.2) is 23.3 Å². The predicted molar refractivity (Wildman–Crippen MR) is 70.1 cm³/mol. The molecule has 0 aliphatic carbocycles. The molecule has 0 radical (unpaired) electrons. The van der Waals surface area contributed by atoms with E-state index < -0.39 is 57.7 Å². The Morgan fingerprint density at radius 1 is 1.08 bits per heavy atom. The van der Waals surface area contributed by atoms with Gasteiger partial charge in [-0.1, -0.05) is 0 Å². The monoisotopic (exact) mass is 352 g/mol. The molecule has 11 heteroatoms. The van der Waals surface area contributed by atoms with Crippen LogP contribution in [0, 0.1) is 29.1 Å². The zero-order valence-corrected chi connectivity index (χ0v) is 11.9. The van der Waals surface area contributed by atoms with Crippen molar-refractivity contribution in [2.45, 2.75) is 6.92 Å². The van der Waals surface area contributed by atoms with E-state index in [1.807, 2.05) is 0 Å². The minimum atomic E-state index is -2.47. The van der Waals surface area contributed by atoms with Crippen molar-refractivity contribution in [3.63, 3.8) is 0 Å². The first kappa shape index (κ1) is 19.1. The summed E-state index contributed by atoms with van der Waals surface area (Å²) in [5.41, 5.74) is -3.04. The summed E-state index contributed by atoms with van der Waals surface area (Å²) < 4.78 is 70.9. The first-order valence-corrected chi connectivity index (χ1v) is 6.08. The summed E-state index contributed by atoms with van der Waals surface area (Å²) in [7, 11) is 0. The molecule has 0 spiro atoms. The molecule has 0 fully saturated rings. The maximum Gasteiger partial charge on any atom is 0.379 e. The summed E-state index contributed by atoms with van der Waals surface area (Å²) >= 11 is 0. The van der Waals surface area contributed by atoms with Crippen LogP contribution in [0.15, 0.2) is 10.7 Å². The third kappa shape index (κ3) is 3.34. The smallest absolute Gasteiger partial charge is 0.379 e. The van der Waals surface area contributed by atoms with Gasteiger partial charge in [-0.15, -0.1) is 0 Å². The molecule has 0 aliphatic heterocycles. The van der Waals surface area contributed by atoms with E-state index in [-0.39, 0.29) is 6.61 Å². The van der Waals surface area contributed by atoms with Crippen LogP contribution in [-0.4, -0.2) is 29.7 Å². The van der Waals surface area contributed by atoms with Gasteiger partial charge in [-0.3, -0.25) is 4.79 Å². The number of esters is 1. The Balaban J connectivity index is 3.70. The Bertz CT molecular complexity index is 732. The normalized spacial score (nSPS) is 12.2. The lowest BCUT2D eigenvalue weighted by atomic mass is 10.0. The second-order valence-electron chi connectivity index (χ2n) is 4.03. The molecule has 3 N–H and O–H groups in total. The van der Waals surface area contributed by atoms with Gasteiger partial charge < -0.3 is 15.7 Å². The van der Waals surface area contributed by atoms with Crippen molar-refractivity contribution >= 4 is 23.7 Å². The van der Waals surface area contributed by atoms with Crippen molar-refractivity contribution in [1.82, 2.24) is 0 Å². The number of Topliss-reactive ketones (excluding diaryl/α,β-unsaturated/α-hetero) is 1. The topological polar surface area (TPSA) is 102 Å². The van der Waals surface area contributed by atoms with Crippen LogP contribution in [0.25, 0.3) is 5.76 Å². The summed E-state index contributed by atoms with van der Waals surface area (Å²) in [6, 6.07) is 0. The van der Waals surface area contributed by atoms with Gasteiger partial charge in [0.1, 0.15) is 5.76 Å². The zero-order valence-electron chi connectivity index (χ0n) is 11.9. The molecule has 0 saturated heterocycles. The Morgan fingerprint density at radius 3 is 1.96 bits per heavy atom.